The largest absolute Gasteiger partial charge is 0.475 e. The Balaban J connectivity index is 1.57. The molecule has 0 spiro atoms. The highest BCUT2D eigenvalue weighted by Crippen LogP contribution is 2.25. The molecule has 1 fully saturated rings. The Labute approximate surface area is 177 Å². The van der Waals surface area contributed by atoms with E-state index in [9.17, 15) is 9.59 Å². The van der Waals surface area contributed by atoms with Crippen LogP contribution in [0, 0.1) is 5.92 Å². The fraction of sp³-hybridized carbons (Fsp3) is 0.435. The monoisotopic (exact) mass is 411 g/mol. The van der Waals surface area contributed by atoms with Crippen LogP contribution in [0.3, 0.4) is 0 Å². The molecule has 1 aromatic heterocycles. The Hall–Kier alpha value is -2.93. The molecule has 0 atom stereocenters. The van der Waals surface area contributed by atoms with E-state index in [1.165, 1.54) is 6.42 Å². The number of pyridine rings is 1. The minimum atomic E-state index is -0.226. The molecule has 0 radical (unpaired) electrons. The minimum Gasteiger partial charge on any atom is -0.475 e. The molecule has 2 aromatic rings. The van der Waals surface area contributed by atoms with Crippen molar-refractivity contribution >= 4 is 17.5 Å². The van der Waals surface area contributed by atoms with Gasteiger partial charge in [0, 0.05) is 42.6 Å². The van der Waals surface area contributed by atoms with Crippen LogP contribution in [0.25, 0.3) is 0 Å². The van der Waals surface area contributed by atoms with Crippen molar-refractivity contribution < 1.29 is 19.1 Å². The van der Waals surface area contributed by atoms with Crippen molar-refractivity contribution in [1.82, 2.24) is 10.3 Å². The summed E-state index contributed by atoms with van der Waals surface area (Å²) in [6.45, 7) is 1.13. The highest BCUT2D eigenvalue weighted by Gasteiger charge is 2.21. The summed E-state index contributed by atoms with van der Waals surface area (Å²) in [5, 5.41) is 5.84. The van der Waals surface area contributed by atoms with Gasteiger partial charge in [0.15, 0.2) is 0 Å². The molecule has 1 aliphatic rings. The number of carbonyl (C=O) groups is 2. The maximum atomic E-state index is 12.6. The molecule has 1 aliphatic carbocycles. The fourth-order valence-electron chi connectivity index (χ4n) is 3.54. The van der Waals surface area contributed by atoms with Gasteiger partial charge in [-0.3, -0.25) is 9.59 Å². The van der Waals surface area contributed by atoms with E-state index in [1.54, 1.807) is 43.6 Å². The zero-order valence-electron chi connectivity index (χ0n) is 17.4. The number of aromatic nitrogens is 1. The van der Waals surface area contributed by atoms with E-state index in [0.717, 1.165) is 31.2 Å². The quantitative estimate of drug-likeness (QED) is 0.616. The average Bonchev–Trinajstić information content (AvgIpc) is 2.79. The number of anilines is 1. The summed E-state index contributed by atoms with van der Waals surface area (Å²) < 4.78 is 10.6. The lowest BCUT2D eigenvalue weighted by molar-refractivity contribution is -0.120. The highest BCUT2D eigenvalue weighted by molar-refractivity contribution is 5.97. The van der Waals surface area contributed by atoms with Gasteiger partial charge in [-0.2, -0.15) is 0 Å². The zero-order chi connectivity index (χ0) is 21.2. The molecular formula is C23H29N3O4. The molecule has 0 aliphatic heterocycles. The van der Waals surface area contributed by atoms with Crippen molar-refractivity contribution in [2.45, 2.75) is 38.6 Å². The van der Waals surface area contributed by atoms with E-state index >= 15 is 0 Å². The number of benzene rings is 1. The first kappa shape index (κ1) is 21.8. The normalized spacial score (nSPS) is 14.2. The van der Waals surface area contributed by atoms with E-state index in [2.05, 4.69) is 15.6 Å². The minimum absolute atomic E-state index is 0.0421. The summed E-state index contributed by atoms with van der Waals surface area (Å²) >= 11 is 0. The fourth-order valence-corrected chi connectivity index (χ4v) is 3.54. The van der Waals surface area contributed by atoms with Gasteiger partial charge in [0.25, 0.3) is 5.91 Å². The molecule has 1 heterocycles. The Morgan fingerprint density at radius 3 is 2.73 bits per heavy atom. The average molecular weight is 412 g/mol. The summed E-state index contributed by atoms with van der Waals surface area (Å²) in [7, 11) is 1.61. The molecule has 0 unspecified atom stereocenters. The first-order chi connectivity index (χ1) is 14.7. The van der Waals surface area contributed by atoms with Crippen LogP contribution < -0.4 is 15.4 Å². The molecule has 2 N–H and O–H groups in total. The Morgan fingerprint density at radius 2 is 1.93 bits per heavy atom. The second kappa shape index (κ2) is 11.3. The van der Waals surface area contributed by atoms with Gasteiger partial charge < -0.3 is 20.1 Å². The van der Waals surface area contributed by atoms with Crippen LogP contribution in [0.1, 0.15) is 48.0 Å². The number of nitrogens with one attached hydrogen (secondary N) is 2. The van der Waals surface area contributed by atoms with E-state index in [-0.39, 0.29) is 24.3 Å². The van der Waals surface area contributed by atoms with Crippen molar-refractivity contribution in [1.29, 1.82) is 0 Å². The van der Waals surface area contributed by atoms with Crippen molar-refractivity contribution in [3.05, 3.63) is 53.7 Å². The Bertz CT molecular complexity index is 850. The van der Waals surface area contributed by atoms with Crippen molar-refractivity contribution in [3.63, 3.8) is 0 Å². The summed E-state index contributed by atoms with van der Waals surface area (Å²) in [4.78, 5) is 29.3. The van der Waals surface area contributed by atoms with E-state index in [1.807, 2.05) is 6.07 Å². The summed E-state index contributed by atoms with van der Waals surface area (Å²) in [5.41, 5.74) is 1.91. The topological polar surface area (TPSA) is 89.6 Å². The van der Waals surface area contributed by atoms with Crippen LogP contribution in [0.2, 0.25) is 0 Å². The lowest BCUT2D eigenvalue weighted by atomic mass is 9.88. The predicted molar refractivity (Wildman–Crippen MR) is 114 cm³/mol. The smallest absolute Gasteiger partial charge is 0.251 e. The molecule has 1 aromatic carbocycles. The molecule has 3 rings (SSSR count). The molecule has 0 bridgehead atoms. The number of hydrogen-bond donors (Lipinski definition) is 2. The van der Waals surface area contributed by atoms with Gasteiger partial charge in [-0.15, -0.1) is 0 Å². The van der Waals surface area contributed by atoms with Gasteiger partial charge in [-0.1, -0.05) is 31.4 Å². The van der Waals surface area contributed by atoms with Crippen molar-refractivity contribution in [3.8, 4) is 5.88 Å². The summed E-state index contributed by atoms with van der Waals surface area (Å²) in [6, 6.07) is 10.7. The first-order valence-corrected chi connectivity index (χ1v) is 10.4. The maximum Gasteiger partial charge on any atom is 0.251 e. The standard InChI is InChI=1S/C23H29N3O4/c1-29-13-14-30-23-19(10-6-12-24-23)16-25-21(27)18-9-5-11-20(15-18)26-22(28)17-7-3-2-4-8-17/h5-6,9-12,15,17H,2-4,7-8,13-14,16H2,1H3,(H,25,27)(H,26,28). The lowest BCUT2D eigenvalue weighted by Gasteiger charge is -2.20. The lowest BCUT2D eigenvalue weighted by Crippen LogP contribution is -2.25. The van der Waals surface area contributed by atoms with Crippen molar-refractivity contribution in [2.24, 2.45) is 5.92 Å². The Kier molecular flexibility index (Phi) is 8.20. The third kappa shape index (κ3) is 6.29. The molecule has 7 nitrogen and oxygen atoms in total. The van der Waals surface area contributed by atoms with Crippen LogP contribution in [0.5, 0.6) is 5.88 Å². The second-order valence-electron chi connectivity index (χ2n) is 7.40. The number of ether oxygens (including phenoxy) is 2. The summed E-state index contributed by atoms with van der Waals surface area (Å²) in [5.74, 6) is 0.359. The summed E-state index contributed by atoms with van der Waals surface area (Å²) in [6.07, 6.45) is 6.93. The van der Waals surface area contributed by atoms with E-state index in [4.69, 9.17) is 9.47 Å². The van der Waals surface area contributed by atoms with Gasteiger partial charge in [0.2, 0.25) is 11.8 Å². The van der Waals surface area contributed by atoms with Gasteiger partial charge in [-0.25, -0.2) is 4.98 Å². The molecule has 2 amide bonds. The molecule has 30 heavy (non-hydrogen) atoms. The molecular weight excluding hydrogens is 382 g/mol. The van der Waals surface area contributed by atoms with Crippen LogP contribution in [0.4, 0.5) is 5.69 Å². The van der Waals surface area contributed by atoms with Crippen LogP contribution in [0.15, 0.2) is 42.6 Å². The maximum absolute atomic E-state index is 12.6. The predicted octanol–water partition coefficient (Wildman–Crippen LogP) is 3.56. The number of nitrogens with zero attached hydrogens (tertiary/aromatic N) is 1. The first-order valence-electron chi connectivity index (χ1n) is 10.4. The number of hydrogen-bond acceptors (Lipinski definition) is 5. The van der Waals surface area contributed by atoms with Gasteiger partial charge in [0.1, 0.15) is 6.61 Å². The number of carbonyl (C=O) groups excluding carboxylic acids is 2. The third-order valence-corrected chi connectivity index (χ3v) is 5.18. The van der Waals surface area contributed by atoms with Gasteiger partial charge >= 0.3 is 0 Å². The SMILES string of the molecule is COCCOc1ncccc1CNC(=O)c1cccc(NC(=O)C2CCCCC2)c1. The number of rotatable bonds is 9. The molecule has 7 heteroatoms. The van der Waals surface area contributed by atoms with Gasteiger partial charge in [0.05, 0.1) is 6.61 Å². The van der Waals surface area contributed by atoms with Crippen LogP contribution in [-0.2, 0) is 16.1 Å². The number of methoxy groups -OCH3 is 1. The van der Waals surface area contributed by atoms with Gasteiger partial charge in [-0.05, 0) is 37.1 Å². The van der Waals surface area contributed by atoms with Crippen LogP contribution >= 0.6 is 0 Å². The molecule has 1 saturated carbocycles. The highest BCUT2D eigenvalue weighted by atomic mass is 16.5. The Morgan fingerprint density at radius 1 is 1.10 bits per heavy atom. The van der Waals surface area contributed by atoms with E-state index in [0.29, 0.717) is 30.3 Å². The zero-order valence-corrected chi connectivity index (χ0v) is 17.4. The van der Waals surface area contributed by atoms with E-state index < -0.39 is 0 Å². The third-order valence-electron chi connectivity index (χ3n) is 5.18. The molecule has 0 saturated heterocycles. The second-order valence-corrected chi connectivity index (χ2v) is 7.40. The van der Waals surface area contributed by atoms with Crippen molar-refractivity contribution in [2.75, 3.05) is 25.6 Å². The molecule has 160 valence electrons. The van der Waals surface area contributed by atoms with Crippen LogP contribution in [-0.4, -0.2) is 37.1 Å². The number of amides is 2.